The molecule has 0 saturated carbocycles. The molecule has 0 radical (unpaired) electrons. The van der Waals surface area contributed by atoms with Crippen molar-refractivity contribution in [2.45, 2.75) is 46.8 Å². The minimum atomic E-state index is -0.479. The number of amides is 1. The van der Waals surface area contributed by atoms with Crippen LogP contribution in [0.5, 0.6) is 0 Å². The number of nitro groups is 1. The molecule has 0 aromatic carbocycles. The summed E-state index contributed by atoms with van der Waals surface area (Å²) >= 11 is 0. The highest BCUT2D eigenvalue weighted by molar-refractivity contribution is 5.75. The van der Waals surface area contributed by atoms with Crippen LogP contribution in [-0.4, -0.2) is 30.4 Å². The number of carbonyl (C=O) groups is 1. The van der Waals surface area contributed by atoms with Crippen molar-refractivity contribution in [1.29, 1.82) is 0 Å². The molecular weight excluding hydrogens is 300 g/mol. The fourth-order valence-corrected chi connectivity index (χ4v) is 2.31. The second-order valence-electron chi connectivity index (χ2n) is 5.19. The number of hydrogen-bond donors (Lipinski definition) is 1. The van der Waals surface area contributed by atoms with Crippen LogP contribution in [-0.2, 0) is 24.4 Å². The van der Waals surface area contributed by atoms with E-state index in [0.717, 1.165) is 17.8 Å². The summed E-state index contributed by atoms with van der Waals surface area (Å²) in [6.45, 7) is 7.10. The fraction of sp³-hybridized carbons (Fsp3) is 0.500. The molecule has 0 bridgehead atoms. The maximum Gasteiger partial charge on any atom is 0.309 e. The van der Waals surface area contributed by atoms with Crippen LogP contribution in [0.2, 0.25) is 0 Å². The summed E-state index contributed by atoms with van der Waals surface area (Å²) in [4.78, 5) is 22.2. The molecule has 2 heterocycles. The van der Waals surface area contributed by atoms with E-state index in [-0.39, 0.29) is 18.0 Å². The molecule has 124 valence electrons. The second-order valence-corrected chi connectivity index (χ2v) is 5.19. The smallest absolute Gasteiger partial charge is 0.309 e. The highest BCUT2D eigenvalue weighted by atomic mass is 16.6. The number of rotatable bonds is 7. The first-order valence-corrected chi connectivity index (χ1v) is 7.38. The van der Waals surface area contributed by atoms with Gasteiger partial charge in [-0.3, -0.25) is 24.3 Å². The number of aryl methyl sites for hydroxylation is 2. The predicted molar refractivity (Wildman–Crippen MR) is 82.7 cm³/mol. The molecule has 0 fully saturated rings. The second kappa shape index (κ2) is 7.03. The lowest BCUT2D eigenvalue weighted by Gasteiger charge is -2.06. The highest BCUT2D eigenvalue weighted by Gasteiger charge is 2.16. The molecule has 1 N–H and O–H groups in total. The van der Waals surface area contributed by atoms with Gasteiger partial charge in [-0.25, -0.2) is 0 Å². The van der Waals surface area contributed by atoms with Crippen molar-refractivity contribution in [2.75, 3.05) is 0 Å². The van der Waals surface area contributed by atoms with Crippen molar-refractivity contribution in [3.8, 4) is 0 Å². The van der Waals surface area contributed by atoms with E-state index in [9.17, 15) is 14.9 Å². The van der Waals surface area contributed by atoms with Gasteiger partial charge in [0.15, 0.2) is 0 Å². The van der Waals surface area contributed by atoms with E-state index in [1.165, 1.54) is 10.9 Å². The Morgan fingerprint density at radius 3 is 2.52 bits per heavy atom. The van der Waals surface area contributed by atoms with Crippen LogP contribution in [0.4, 0.5) is 5.69 Å². The fourth-order valence-electron chi connectivity index (χ4n) is 2.31. The van der Waals surface area contributed by atoms with Crippen LogP contribution in [0.15, 0.2) is 12.4 Å². The zero-order chi connectivity index (χ0) is 17.0. The molecule has 0 aliphatic rings. The lowest BCUT2D eigenvalue weighted by molar-refractivity contribution is -0.385. The van der Waals surface area contributed by atoms with Crippen molar-refractivity contribution < 1.29 is 9.72 Å². The van der Waals surface area contributed by atoms with Crippen LogP contribution in [0.3, 0.4) is 0 Å². The summed E-state index contributed by atoms with van der Waals surface area (Å²) in [5.74, 6) is -0.133. The molecule has 0 spiro atoms. The molecule has 0 aliphatic carbocycles. The van der Waals surface area contributed by atoms with Gasteiger partial charge in [-0.2, -0.15) is 10.2 Å². The topological polar surface area (TPSA) is 108 Å². The summed E-state index contributed by atoms with van der Waals surface area (Å²) in [6, 6.07) is 0. The summed E-state index contributed by atoms with van der Waals surface area (Å²) in [5.41, 5.74) is 2.42. The first kappa shape index (κ1) is 16.7. The van der Waals surface area contributed by atoms with Crippen LogP contribution in [0, 0.1) is 24.0 Å². The predicted octanol–water partition coefficient (Wildman–Crippen LogP) is 1.33. The number of nitrogens with zero attached hydrogens (tertiary/aromatic N) is 5. The Kier molecular flexibility index (Phi) is 5.09. The minimum Gasteiger partial charge on any atom is -0.352 e. The number of carbonyl (C=O) groups excluding carboxylic acids is 1. The normalized spacial score (nSPS) is 10.7. The first-order chi connectivity index (χ1) is 10.9. The molecule has 9 heteroatoms. The van der Waals surface area contributed by atoms with Gasteiger partial charge >= 0.3 is 5.69 Å². The van der Waals surface area contributed by atoms with E-state index < -0.39 is 4.92 Å². The number of nitrogens with one attached hydrogen (secondary N) is 1. The Bertz CT molecular complexity index is 718. The Hall–Kier alpha value is -2.71. The highest BCUT2D eigenvalue weighted by Crippen LogP contribution is 2.16. The van der Waals surface area contributed by atoms with Gasteiger partial charge in [0.05, 0.1) is 17.7 Å². The third-order valence-corrected chi connectivity index (χ3v) is 3.81. The van der Waals surface area contributed by atoms with Crippen LogP contribution in [0.1, 0.15) is 30.3 Å². The minimum absolute atomic E-state index is 0.0342. The van der Waals surface area contributed by atoms with Crippen LogP contribution < -0.4 is 5.32 Å². The number of hydrogen-bond acceptors (Lipinski definition) is 5. The Balaban J connectivity index is 1.86. The van der Waals surface area contributed by atoms with Crippen LogP contribution >= 0.6 is 0 Å². The van der Waals surface area contributed by atoms with E-state index in [2.05, 4.69) is 15.5 Å². The molecular formula is C14H20N6O3. The van der Waals surface area contributed by atoms with Gasteiger partial charge in [0, 0.05) is 30.8 Å². The lowest BCUT2D eigenvalue weighted by atomic mass is 10.2. The molecule has 23 heavy (non-hydrogen) atoms. The van der Waals surface area contributed by atoms with Crippen molar-refractivity contribution in [3.05, 3.63) is 39.5 Å². The molecule has 0 aliphatic heterocycles. The van der Waals surface area contributed by atoms with Crippen molar-refractivity contribution in [2.24, 2.45) is 0 Å². The summed E-state index contributed by atoms with van der Waals surface area (Å²) in [5, 5.41) is 21.7. The molecule has 1 amide bonds. The van der Waals surface area contributed by atoms with E-state index >= 15 is 0 Å². The zero-order valence-corrected chi connectivity index (χ0v) is 13.4. The van der Waals surface area contributed by atoms with Crippen molar-refractivity contribution in [3.63, 3.8) is 0 Å². The third kappa shape index (κ3) is 3.74. The van der Waals surface area contributed by atoms with Gasteiger partial charge in [-0.1, -0.05) is 0 Å². The average molecular weight is 320 g/mol. The van der Waals surface area contributed by atoms with E-state index in [1.54, 1.807) is 13.1 Å². The monoisotopic (exact) mass is 320 g/mol. The van der Waals surface area contributed by atoms with Gasteiger partial charge in [0.25, 0.3) is 0 Å². The standard InChI is InChI=1S/C14H20N6O3/c1-4-18-10(2)12(8-16-18)7-15-14(21)5-6-19-11(3)13(9-17-19)20(22)23/h8-9H,4-7H2,1-3H3,(H,15,21). The molecule has 0 saturated heterocycles. The largest absolute Gasteiger partial charge is 0.352 e. The molecule has 9 nitrogen and oxygen atoms in total. The van der Waals surface area contributed by atoms with Crippen molar-refractivity contribution in [1.82, 2.24) is 24.9 Å². The lowest BCUT2D eigenvalue weighted by Crippen LogP contribution is -2.24. The third-order valence-electron chi connectivity index (χ3n) is 3.81. The van der Waals surface area contributed by atoms with Gasteiger partial charge < -0.3 is 5.32 Å². The molecule has 0 atom stereocenters. The van der Waals surface area contributed by atoms with E-state index in [0.29, 0.717) is 18.8 Å². The summed E-state index contributed by atoms with van der Waals surface area (Å²) < 4.78 is 3.34. The summed E-state index contributed by atoms with van der Waals surface area (Å²) in [6.07, 6.45) is 3.16. The Labute approximate surface area is 133 Å². The molecule has 2 aromatic rings. The SMILES string of the molecule is CCn1ncc(CNC(=O)CCn2ncc([N+](=O)[O-])c2C)c1C. The van der Waals surface area contributed by atoms with Gasteiger partial charge in [0.1, 0.15) is 11.9 Å². The van der Waals surface area contributed by atoms with Gasteiger partial charge in [-0.05, 0) is 20.8 Å². The quantitative estimate of drug-likeness (QED) is 0.611. The van der Waals surface area contributed by atoms with E-state index in [1.807, 2.05) is 18.5 Å². The van der Waals surface area contributed by atoms with E-state index in [4.69, 9.17) is 0 Å². The van der Waals surface area contributed by atoms with Gasteiger partial charge in [-0.15, -0.1) is 0 Å². The average Bonchev–Trinajstić information content (AvgIpc) is 3.06. The molecule has 2 aromatic heterocycles. The maximum absolute atomic E-state index is 11.9. The zero-order valence-electron chi connectivity index (χ0n) is 13.4. The van der Waals surface area contributed by atoms with Crippen LogP contribution in [0.25, 0.3) is 0 Å². The van der Waals surface area contributed by atoms with Crippen molar-refractivity contribution >= 4 is 11.6 Å². The summed E-state index contributed by atoms with van der Waals surface area (Å²) in [7, 11) is 0. The Morgan fingerprint density at radius 2 is 1.96 bits per heavy atom. The molecule has 2 rings (SSSR count). The Morgan fingerprint density at radius 1 is 1.26 bits per heavy atom. The van der Waals surface area contributed by atoms with Gasteiger partial charge in [0.2, 0.25) is 5.91 Å². The molecule has 0 unspecified atom stereocenters. The first-order valence-electron chi connectivity index (χ1n) is 7.38. The maximum atomic E-state index is 11.9. The number of aromatic nitrogens is 4.